The number of carbonyl (C=O) groups is 1. The average Bonchev–Trinajstić information content (AvgIpc) is 2.98. The van der Waals surface area contributed by atoms with E-state index in [2.05, 4.69) is 11.0 Å². The third kappa shape index (κ3) is 2.66. The van der Waals surface area contributed by atoms with Crippen molar-refractivity contribution in [1.82, 2.24) is 4.90 Å². The van der Waals surface area contributed by atoms with E-state index in [-0.39, 0.29) is 5.91 Å². The van der Waals surface area contributed by atoms with Gasteiger partial charge < -0.3 is 9.64 Å². The predicted octanol–water partition coefficient (Wildman–Crippen LogP) is 2.07. The smallest absolute Gasteiger partial charge is 0.241 e. The number of amides is 1. The molecule has 3 rings (SSSR count). The first kappa shape index (κ1) is 13.4. The molecule has 0 unspecified atom stereocenters. The molecule has 1 saturated heterocycles. The molecule has 4 nitrogen and oxygen atoms in total. The number of anilines is 1. The Bertz CT molecular complexity index is 495. The Morgan fingerprint density at radius 2 is 2.00 bits per heavy atom. The lowest BCUT2D eigenvalue weighted by Crippen LogP contribution is -2.42. The van der Waals surface area contributed by atoms with Crippen molar-refractivity contribution >= 4 is 11.6 Å². The van der Waals surface area contributed by atoms with Crippen LogP contribution in [0.1, 0.15) is 24.8 Å². The number of carbonyl (C=O) groups excluding carboxylic acids is 1. The topological polar surface area (TPSA) is 32.8 Å². The fourth-order valence-corrected chi connectivity index (χ4v) is 3.18. The molecular weight excluding hydrogens is 252 g/mol. The first-order valence-corrected chi connectivity index (χ1v) is 7.47. The maximum atomic E-state index is 12.5. The molecule has 2 heterocycles. The molecule has 0 saturated carbocycles. The molecule has 1 aromatic carbocycles. The van der Waals surface area contributed by atoms with Crippen molar-refractivity contribution in [3.8, 4) is 5.75 Å². The third-order valence-electron chi connectivity index (χ3n) is 4.26. The van der Waals surface area contributed by atoms with Crippen LogP contribution in [0.3, 0.4) is 0 Å². The number of benzene rings is 1. The summed E-state index contributed by atoms with van der Waals surface area (Å²) in [6.45, 7) is 3.53. The van der Waals surface area contributed by atoms with Gasteiger partial charge in [0.15, 0.2) is 0 Å². The number of aryl methyl sites for hydroxylation is 1. The van der Waals surface area contributed by atoms with Crippen molar-refractivity contribution in [3.05, 3.63) is 23.8 Å². The summed E-state index contributed by atoms with van der Waals surface area (Å²) in [4.78, 5) is 16.7. The summed E-state index contributed by atoms with van der Waals surface area (Å²) in [6.07, 6.45) is 4.51. The lowest BCUT2D eigenvalue weighted by atomic mass is 10.0. The molecule has 4 heteroatoms. The minimum atomic E-state index is 0.234. The number of nitrogens with zero attached hydrogens (tertiary/aromatic N) is 2. The Balaban J connectivity index is 1.76. The molecule has 0 spiro atoms. The van der Waals surface area contributed by atoms with Crippen LogP contribution in [-0.2, 0) is 11.2 Å². The highest BCUT2D eigenvalue weighted by Crippen LogP contribution is 2.30. The number of ether oxygens (including phenoxy) is 1. The first-order chi connectivity index (χ1) is 9.78. The van der Waals surface area contributed by atoms with Crippen LogP contribution in [0.5, 0.6) is 5.75 Å². The second kappa shape index (κ2) is 5.83. The third-order valence-corrected chi connectivity index (χ3v) is 4.26. The van der Waals surface area contributed by atoms with Crippen LogP contribution in [0.4, 0.5) is 5.69 Å². The van der Waals surface area contributed by atoms with Crippen molar-refractivity contribution in [2.45, 2.75) is 25.7 Å². The van der Waals surface area contributed by atoms with E-state index < -0.39 is 0 Å². The van der Waals surface area contributed by atoms with Crippen LogP contribution in [0.15, 0.2) is 18.2 Å². The molecule has 1 fully saturated rings. The van der Waals surface area contributed by atoms with Gasteiger partial charge in [-0.3, -0.25) is 9.69 Å². The van der Waals surface area contributed by atoms with Crippen LogP contribution in [-0.4, -0.2) is 44.1 Å². The quantitative estimate of drug-likeness (QED) is 0.846. The Kier molecular flexibility index (Phi) is 3.92. The molecular formula is C16H22N2O2. The molecule has 0 N–H and O–H groups in total. The van der Waals surface area contributed by atoms with Gasteiger partial charge in [-0.25, -0.2) is 0 Å². The largest absolute Gasteiger partial charge is 0.497 e. The number of methoxy groups -OCH3 is 1. The van der Waals surface area contributed by atoms with Crippen LogP contribution < -0.4 is 9.64 Å². The number of rotatable bonds is 3. The Hall–Kier alpha value is -1.55. The molecule has 0 aromatic heterocycles. The second-order valence-corrected chi connectivity index (χ2v) is 5.63. The van der Waals surface area contributed by atoms with Crippen molar-refractivity contribution < 1.29 is 9.53 Å². The minimum absolute atomic E-state index is 0.234. The van der Waals surface area contributed by atoms with Crippen molar-refractivity contribution in [3.63, 3.8) is 0 Å². The summed E-state index contributed by atoms with van der Waals surface area (Å²) in [5, 5.41) is 0. The molecule has 2 aliphatic rings. The van der Waals surface area contributed by atoms with Gasteiger partial charge in [0.1, 0.15) is 5.75 Å². The van der Waals surface area contributed by atoms with E-state index in [4.69, 9.17) is 4.74 Å². The molecule has 0 radical (unpaired) electrons. The highest BCUT2D eigenvalue weighted by molar-refractivity contribution is 5.96. The summed E-state index contributed by atoms with van der Waals surface area (Å²) < 4.78 is 5.27. The molecule has 0 aliphatic carbocycles. The second-order valence-electron chi connectivity index (χ2n) is 5.63. The van der Waals surface area contributed by atoms with E-state index in [0.717, 1.165) is 43.9 Å². The molecule has 108 valence electrons. The van der Waals surface area contributed by atoms with Crippen LogP contribution in [0.2, 0.25) is 0 Å². The van der Waals surface area contributed by atoms with E-state index in [9.17, 15) is 4.79 Å². The van der Waals surface area contributed by atoms with E-state index >= 15 is 0 Å². The zero-order valence-electron chi connectivity index (χ0n) is 12.1. The fraction of sp³-hybridized carbons (Fsp3) is 0.562. The van der Waals surface area contributed by atoms with Gasteiger partial charge in [0.05, 0.1) is 13.7 Å². The van der Waals surface area contributed by atoms with E-state index in [0.29, 0.717) is 6.54 Å². The SMILES string of the molecule is COc1ccc2c(c1)CCCN2C(=O)CN1CCCC1. The van der Waals surface area contributed by atoms with E-state index in [1.165, 1.54) is 18.4 Å². The number of likely N-dealkylation sites (tertiary alicyclic amines) is 1. The molecule has 0 bridgehead atoms. The highest BCUT2D eigenvalue weighted by atomic mass is 16.5. The Labute approximate surface area is 120 Å². The summed E-state index contributed by atoms with van der Waals surface area (Å²) in [5.41, 5.74) is 2.30. The molecule has 1 amide bonds. The van der Waals surface area contributed by atoms with Gasteiger partial charge in [-0.05, 0) is 62.5 Å². The normalized spacial score (nSPS) is 18.9. The van der Waals surface area contributed by atoms with Crippen LogP contribution in [0.25, 0.3) is 0 Å². The van der Waals surface area contributed by atoms with Crippen LogP contribution >= 0.6 is 0 Å². The number of hydrogen-bond donors (Lipinski definition) is 0. The van der Waals surface area contributed by atoms with Gasteiger partial charge in [-0.1, -0.05) is 0 Å². The molecule has 0 atom stereocenters. The Morgan fingerprint density at radius 1 is 1.20 bits per heavy atom. The lowest BCUT2D eigenvalue weighted by Gasteiger charge is -2.31. The summed E-state index contributed by atoms with van der Waals surface area (Å²) in [7, 11) is 1.68. The predicted molar refractivity (Wildman–Crippen MR) is 79.3 cm³/mol. The van der Waals surface area contributed by atoms with Gasteiger partial charge in [0.2, 0.25) is 5.91 Å². The maximum Gasteiger partial charge on any atom is 0.241 e. The summed E-state index contributed by atoms with van der Waals surface area (Å²) in [5.74, 6) is 1.11. The molecule has 20 heavy (non-hydrogen) atoms. The summed E-state index contributed by atoms with van der Waals surface area (Å²) >= 11 is 0. The highest BCUT2D eigenvalue weighted by Gasteiger charge is 2.25. The standard InChI is InChI=1S/C16H22N2O2/c1-20-14-6-7-15-13(11-14)5-4-10-18(15)16(19)12-17-8-2-3-9-17/h6-7,11H,2-5,8-10,12H2,1H3. The van der Waals surface area contributed by atoms with Crippen molar-refractivity contribution in [1.29, 1.82) is 0 Å². The fourth-order valence-electron chi connectivity index (χ4n) is 3.18. The van der Waals surface area contributed by atoms with Gasteiger partial charge >= 0.3 is 0 Å². The van der Waals surface area contributed by atoms with Crippen molar-refractivity contribution in [2.24, 2.45) is 0 Å². The first-order valence-electron chi connectivity index (χ1n) is 7.47. The number of hydrogen-bond acceptors (Lipinski definition) is 3. The lowest BCUT2D eigenvalue weighted by molar-refractivity contribution is -0.119. The summed E-state index contributed by atoms with van der Waals surface area (Å²) in [6, 6.07) is 6.03. The average molecular weight is 274 g/mol. The monoisotopic (exact) mass is 274 g/mol. The zero-order valence-corrected chi connectivity index (χ0v) is 12.1. The van der Waals surface area contributed by atoms with Gasteiger partial charge in [0, 0.05) is 12.2 Å². The van der Waals surface area contributed by atoms with Crippen molar-refractivity contribution in [2.75, 3.05) is 38.2 Å². The van der Waals surface area contributed by atoms with Gasteiger partial charge in [0.25, 0.3) is 0 Å². The molecule has 1 aromatic rings. The minimum Gasteiger partial charge on any atom is -0.497 e. The number of fused-ring (bicyclic) bond motifs is 1. The Morgan fingerprint density at radius 3 is 2.75 bits per heavy atom. The van der Waals surface area contributed by atoms with E-state index in [1.807, 2.05) is 17.0 Å². The maximum absolute atomic E-state index is 12.5. The molecule has 2 aliphatic heterocycles. The van der Waals surface area contributed by atoms with E-state index in [1.54, 1.807) is 7.11 Å². The van der Waals surface area contributed by atoms with Crippen LogP contribution in [0, 0.1) is 0 Å². The van der Waals surface area contributed by atoms with Gasteiger partial charge in [-0.2, -0.15) is 0 Å². The zero-order chi connectivity index (χ0) is 13.9. The van der Waals surface area contributed by atoms with Gasteiger partial charge in [-0.15, -0.1) is 0 Å².